The van der Waals surface area contributed by atoms with E-state index in [1.807, 2.05) is 12.2 Å². The molecule has 0 aliphatic carbocycles. The predicted molar refractivity (Wildman–Crippen MR) is 287 cm³/mol. The lowest BCUT2D eigenvalue weighted by molar-refractivity contribution is -0.143. The minimum atomic E-state index is -0.880. The van der Waals surface area contributed by atoms with Gasteiger partial charge in [-0.1, -0.05) is 281 Å². The summed E-state index contributed by atoms with van der Waals surface area (Å²) in [7, 11) is 0. The molecule has 0 fully saturated rings. The number of hydrogen-bond donors (Lipinski definition) is 3. The molecule has 0 aliphatic rings. The van der Waals surface area contributed by atoms with Gasteiger partial charge in [0.05, 0.1) is 25.4 Å². The lowest BCUT2D eigenvalue weighted by Gasteiger charge is -2.19. The van der Waals surface area contributed by atoms with E-state index in [0.29, 0.717) is 25.9 Å². The van der Waals surface area contributed by atoms with Crippen LogP contribution in [0, 0.1) is 0 Å². The number of carbonyl (C=O) groups excluding carboxylic acids is 2. The first-order valence-electron chi connectivity index (χ1n) is 29.3. The van der Waals surface area contributed by atoms with Gasteiger partial charge in [0, 0.05) is 12.8 Å². The number of ether oxygens (including phenoxy) is 1. The summed E-state index contributed by atoms with van der Waals surface area (Å²) in [6, 6.07) is -0.672. The minimum absolute atomic E-state index is 0.0149. The van der Waals surface area contributed by atoms with Crippen molar-refractivity contribution in [2.45, 2.75) is 321 Å². The van der Waals surface area contributed by atoms with Crippen molar-refractivity contribution in [2.24, 2.45) is 0 Å². The van der Waals surface area contributed by atoms with E-state index in [4.69, 9.17) is 4.74 Å². The topological polar surface area (TPSA) is 95.9 Å². The molecule has 0 rings (SSSR count). The molecule has 1 amide bonds. The van der Waals surface area contributed by atoms with Crippen LogP contribution in [0.5, 0.6) is 0 Å². The normalized spacial score (nSPS) is 12.8. The van der Waals surface area contributed by atoms with Gasteiger partial charge in [-0.3, -0.25) is 9.59 Å². The molecule has 388 valence electrons. The highest BCUT2D eigenvalue weighted by Gasteiger charge is 2.17. The first kappa shape index (κ1) is 64.1. The van der Waals surface area contributed by atoms with Crippen molar-refractivity contribution in [1.82, 2.24) is 5.32 Å². The molecule has 0 saturated heterocycles. The van der Waals surface area contributed by atoms with Gasteiger partial charge in [0.2, 0.25) is 5.91 Å². The van der Waals surface area contributed by atoms with Crippen LogP contribution in [0.1, 0.15) is 309 Å². The molecule has 66 heavy (non-hydrogen) atoms. The molecule has 0 aromatic carbocycles. The van der Waals surface area contributed by atoms with Crippen molar-refractivity contribution in [3.63, 3.8) is 0 Å². The number of rotatable bonds is 54. The molecule has 0 saturated carbocycles. The van der Waals surface area contributed by atoms with Gasteiger partial charge in [0.25, 0.3) is 0 Å². The summed E-state index contributed by atoms with van der Waals surface area (Å²) in [5, 5.41) is 23.1. The average molecular weight is 929 g/mol. The highest BCUT2D eigenvalue weighted by atomic mass is 16.5. The second kappa shape index (κ2) is 55.7. The van der Waals surface area contributed by atoms with Gasteiger partial charge in [-0.2, -0.15) is 0 Å². The van der Waals surface area contributed by atoms with Crippen molar-refractivity contribution in [3.05, 3.63) is 36.5 Å². The van der Waals surface area contributed by atoms with Gasteiger partial charge in [-0.25, -0.2) is 0 Å². The van der Waals surface area contributed by atoms with E-state index in [9.17, 15) is 19.8 Å². The summed E-state index contributed by atoms with van der Waals surface area (Å²) in [6.45, 7) is 4.86. The van der Waals surface area contributed by atoms with Crippen LogP contribution in [0.4, 0.5) is 0 Å². The first-order valence-corrected chi connectivity index (χ1v) is 29.3. The molecule has 6 nitrogen and oxygen atoms in total. The van der Waals surface area contributed by atoms with Crippen LogP contribution < -0.4 is 5.32 Å². The van der Waals surface area contributed by atoms with Crippen LogP contribution in [0.2, 0.25) is 0 Å². The summed E-state index contributed by atoms with van der Waals surface area (Å²) in [4.78, 5) is 24.5. The van der Waals surface area contributed by atoms with Gasteiger partial charge in [0.15, 0.2) is 0 Å². The predicted octanol–water partition coefficient (Wildman–Crippen LogP) is 18.0. The van der Waals surface area contributed by atoms with E-state index in [-0.39, 0.29) is 18.5 Å². The third kappa shape index (κ3) is 51.5. The van der Waals surface area contributed by atoms with E-state index in [2.05, 4.69) is 37.4 Å². The molecule has 0 aromatic heterocycles. The molecule has 0 heterocycles. The maximum absolute atomic E-state index is 12.4. The van der Waals surface area contributed by atoms with Crippen LogP contribution in [0.25, 0.3) is 0 Å². The molecule has 3 N–H and O–H groups in total. The highest BCUT2D eigenvalue weighted by Crippen LogP contribution is 2.17. The van der Waals surface area contributed by atoms with Crippen molar-refractivity contribution in [2.75, 3.05) is 13.2 Å². The lowest BCUT2D eigenvalue weighted by Crippen LogP contribution is -2.45. The van der Waals surface area contributed by atoms with Crippen molar-refractivity contribution in [3.8, 4) is 0 Å². The summed E-state index contributed by atoms with van der Waals surface area (Å²) in [5.41, 5.74) is 0. The number of allylic oxidation sites excluding steroid dienone is 5. The molecular formula is C60H113NO5. The summed E-state index contributed by atoms with van der Waals surface area (Å²) in [6.07, 6.45) is 68.9. The maximum atomic E-state index is 12.4. The van der Waals surface area contributed by atoms with Crippen LogP contribution in [0.15, 0.2) is 36.5 Å². The van der Waals surface area contributed by atoms with Crippen LogP contribution in [-0.2, 0) is 14.3 Å². The molecule has 2 unspecified atom stereocenters. The SMILES string of the molecule is CCCCCCCCCCCCCCCCCCCC/C=C/C(O)C(CO)NC(=O)CC/C=C\C/C=C\CCCCCCCCOC(=O)CCCCCCCCCCCCCCCCCC. The van der Waals surface area contributed by atoms with Gasteiger partial charge >= 0.3 is 5.97 Å². The smallest absolute Gasteiger partial charge is 0.305 e. The molecular weight excluding hydrogens is 815 g/mol. The monoisotopic (exact) mass is 928 g/mol. The van der Waals surface area contributed by atoms with E-state index in [1.54, 1.807) is 6.08 Å². The Morgan fingerprint density at radius 1 is 0.424 bits per heavy atom. The number of amides is 1. The zero-order valence-corrected chi connectivity index (χ0v) is 44.2. The number of esters is 1. The van der Waals surface area contributed by atoms with Gasteiger partial charge in [-0.05, 0) is 51.4 Å². The third-order valence-electron chi connectivity index (χ3n) is 13.4. The second-order valence-electron chi connectivity index (χ2n) is 20.0. The molecule has 0 bridgehead atoms. The Kier molecular flexibility index (Phi) is 54.1. The summed E-state index contributed by atoms with van der Waals surface area (Å²) >= 11 is 0. The third-order valence-corrected chi connectivity index (χ3v) is 13.4. The number of aliphatic hydroxyl groups excluding tert-OH is 2. The van der Waals surface area contributed by atoms with Crippen LogP contribution in [0.3, 0.4) is 0 Å². The Balaban J connectivity index is 3.56. The maximum Gasteiger partial charge on any atom is 0.305 e. The lowest BCUT2D eigenvalue weighted by atomic mass is 10.0. The number of nitrogens with one attached hydrogen (secondary N) is 1. The fraction of sp³-hybridized carbons (Fsp3) is 0.867. The van der Waals surface area contributed by atoms with Crippen molar-refractivity contribution >= 4 is 11.9 Å². The Morgan fingerprint density at radius 2 is 0.773 bits per heavy atom. The minimum Gasteiger partial charge on any atom is -0.466 e. The molecule has 0 aliphatic heterocycles. The van der Waals surface area contributed by atoms with Crippen molar-refractivity contribution in [1.29, 1.82) is 0 Å². The Morgan fingerprint density at radius 3 is 1.18 bits per heavy atom. The largest absolute Gasteiger partial charge is 0.466 e. The highest BCUT2D eigenvalue weighted by molar-refractivity contribution is 5.76. The number of unbranched alkanes of at least 4 members (excludes halogenated alkanes) is 39. The first-order chi connectivity index (χ1) is 32.5. The number of carbonyl (C=O) groups is 2. The fourth-order valence-electron chi connectivity index (χ4n) is 8.92. The van der Waals surface area contributed by atoms with Gasteiger partial charge in [-0.15, -0.1) is 0 Å². The average Bonchev–Trinajstić information content (AvgIpc) is 3.32. The van der Waals surface area contributed by atoms with E-state index in [0.717, 1.165) is 51.4 Å². The van der Waals surface area contributed by atoms with Crippen LogP contribution in [-0.4, -0.2) is 47.4 Å². The molecule has 0 spiro atoms. The second-order valence-corrected chi connectivity index (χ2v) is 20.0. The Labute approximate surface area is 411 Å². The number of aliphatic hydroxyl groups is 2. The molecule has 0 radical (unpaired) electrons. The quantitative estimate of drug-likeness (QED) is 0.0321. The standard InChI is InChI=1S/C60H113NO5/c1-3-5-7-9-11-13-15-17-19-21-22-23-24-25-28-32-36-40-44-48-52-58(63)57(56-62)61-59(64)53-49-45-41-37-33-29-27-31-35-39-43-47-51-55-66-60(65)54-50-46-42-38-34-30-26-20-18-16-14-12-10-8-6-4-2/h29,33,41,45,48,52,57-58,62-63H,3-28,30-32,34-40,42-44,46-47,49-51,53-56H2,1-2H3,(H,61,64)/b33-29-,45-41-,52-48+. The molecule has 6 heteroatoms. The Hall–Kier alpha value is -1.92. The summed E-state index contributed by atoms with van der Waals surface area (Å²) < 4.78 is 5.47. The molecule has 0 aromatic rings. The van der Waals surface area contributed by atoms with Gasteiger partial charge < -0.3 is 20.3 Å². The van der Waals surface area contributed by atoms with Gasteiger partial charge in [0.1, 0.15) is 0 Å². The molecule has 2 atom stereocenters. The van der Waals surface area contributed by atoms with E-state index < -0.39 is 12.1 Å². The van der Waals surface area contributed by atoms with Crippen molar-refractivity contribution < 1.29 is 24.5 Å². The Bertz CT molecular complexity index is 1070. The summed E-state index contributed by atoms with van der Waals surface area (Å²) in [5.74, 6) is -0.161. The zero-order chi connectivity index (χ0) is 47.9. The van der Waals surface area contributed by atoms with Crippen LogP contribution >= 0.6 is 0 Å². The van der Waals surface area contributed by atoms with E-state index in [1.165, 1.54) is 225 Å². The fourth-order valence-corrected chi connectivity index (χ4v) is 8.92. The zero-order valence-electron chi connectivity index (χ0n) is 44.2. The number of hydrogen-bond acceptors (Lipinski definition) is 5. The van der Waals surface area contributed by atoms with E-state index >= 15 is 0 Å².